The average molecular weight is 574 g/mol. The van der Waals surface area contributed by atoms with E-state index in [1.54, 1.807) is 17.7 Å². The fourth-order valence-electron chi connectivity index (χ4n) is 5.86. The largest absolute Gasteiger partial charge is 0.343 e. The van der Waals surface area contributed by atoms with Gasteiger partial charge >= 0.3 is 0 Å². The van der Waals surface area contributed by atoms with Crippen molar-refractivity contribution in [3.8, 4) is 0 Å². The van der Waals surface area contributed by atoms with Crippen LogP contribution in [0.25, 0.3) is 10.9 Å². The van der Waals surface area contributed by atoms with Gasteiger partial charge in [0.05, 0.1) is 5.92 Å². The molecule has 0 radical (unpaired) electrons. The highest BCUT2D eigenvalue weighted by Crippen LogP contribution is 2.37. The summed E-state index contributed by atoms with van der Waals surface area (Å²) in [5.41, 5.74) is 4.55. The molecular formula is C31H33BrN4O2. The smallest absolute Gasteiger partial charge is 0.250 e. The number of amides is 1. The Balaban J connectivity index is 1.32. The molecule has 4 aromatic rings. The van der Waals surface area contributed by atoms with Crippen LogP contribution < -0.4 is 10.9 Å². The Hall–Kier alpha value is -3.16. The average Bonchev–Trinajstić information content (AvgIpc) is 3.72. The maximum absolute atomic E-state index is 14.2. The highest BCUT2D eigenvalue weighted by molar-refractivity contribution is 9.10. The summed E-state index contributed by atoms with van der Waals surface area (Å²) in [4.78, 5) is 28.7. The van der Waals surface area contributed by atoms with Gasteiger partial charge < -0.3 is 19.4 Å². The Morgan fingerprint density at radius 3 is 2.66 bits per heavy atom. The molecule has 6 rings (SSSR count). The summed E-state index contributed by atoms with van der Waals surface area (Å²) in [6.45, 7) is 2.88. The molecule has 2 aliphatic rings. The predicted octanol–water partition coefficient (Wildman–Crippen LogP) is 5.04. The molecule has 2 fully saturated rings. The monoisotopic (exact) mass is 572 g/mol. The number of carbonyl (C=O) groups is 1. The summed E-state index contributed by atoms with van der Waals surface area (Å²) < 4.78 is 4.93. The minimum absolute atomic E-state index is 0.0244. The van der Waals surface area contributed by atoms with E-state index >= 15 is 0 Å². The number of pyridine rings is 1. The molecule has 38 heavy (non-hydrogen) atoms. The van der Waals surface area contributed by atoms with Gasteiger partial charge in [-0.25, -0.2) is 0 Å². The normalized spacial score (nSPS) is 19.5. The molecule has 196 valence electrons. The summed E-state index contributed by atoms with van der Waals surface area (Å²) in [6.07, 6.45) is 7.00. The van der Waals surface area contributed by atoms with E-state index in [1.807, 2.05) is 18.3 Å². The van der Waals surface area contributed by atoms with Gasteiger partial charge in [0.15, 0.2) is 0 Å². The molecule has 1 saturated carbocycles. The predicted molar refractivity (Wildman–Crippen MR) is 154 cm³/mol. The molecule has 1 aliphatic heterocycles. The topological polar surface area (TPSA) is 59.3 Å². The fraction of sp³-hybridized carbons (Fsp3) is 0.355. The van der Waals surface area contributed by atoms with Gasteiger partial charge in [-0.1, -0.05) is 52.3 Å². The molecule has 2 atom stereocenters. The third kappa shape index (κ3) is 5.09. The quantitative estimate of drug-likeness (QED) is 0.337. The molecule has 0 spiro atoms. The molecule has 1 aliphatic carbocycles. The Kier molecular flexibility index (Phi) is 6.97. The van der Waals surface area contributed by atoms with E-state index < -0.39 is 0 Å². The molecule has 1 amide bonds. The van der Waals surface area contributed by atoms with Gasteiger partial charge in [-0.3, -0.25) is 9.59 Å². The number of fused-ring (bicyclic) bond motifs is 1. The molecule has 2 aromatic carbocycles. The van der Waals surface area contributed by atoms with Gasteiger partial charge in [-0.05, 0) is 66.6 Å². The fourth-order valence-corrected chi connectivity index (χ4v) is 6.21. The number of halogens is 1. The first-order valence-corrected chi connectivity index (χ1v) is 14.3. The van der Waals surface area contributed by atoms with E-state index in [0.29, 0.717) is 13.1 Å². The van der Waals surface area contributed by atoms with Gasteiger partial charge in [-0.15, -0.1) is 0 Å². The van der Waals surface area contributed by atoms with Crippen molar-refractivity contribution in [3.05, 3.63) is 105 Å². The summed E-state index contributed by atoms with van der Waals surface area (Å²) in [5, 5.41) is 4.63. The summed E-state index contributed by atoms with van der Waals surface area (Å²) in [7, 11) is 1.76. The van der Waals surface area contributed by atoms with Gasteiger partial charge in [0.25, 0.3) is 5.56 Å². The number of nitrogens with one attached hydrogen (secondary N) is 1. The maximum atomic E-state index is 14.2. The number of nitrogens with zero attached hydrogens (tertiary/aromatic N) is 3. The van der Waals surface area contributed by atoms with Crippen molar-refractivity contribution in [1.82, 2.24) is 19.4 Å². The zero-order valence-corrected chi connectivity index (χ0v) is 23.2. The highest BCUT2D eigenvalue weighted by atomic mass is 79.9. The number of benzene rings is 2. The summed E-state index contributed by atoms with van der Waals surface area (Å²) in [6, 6.07) is 20.9. The number of hydrogen-bond donors (Lipinski definition) is 1. The van der Waals surface area contributed by atoms with Crippen molar-refractivity contribution >= 4 is 32.7 Å². The van der Waals surface area contributed by atoms with Crippen LogP contribution in [0.2, 0.25) is 0 Å². The second-order valence-electron chi connectivity index (χ2n) is 10.7. The van der Waals surface area contributed by atoms with Gasteiger partial charge in [0.1, 0.15) is 0 Å². The Morgan fingerprint density at radius 2 is 1.89 bits per heavy atom. The van der Waals surface area contributed by atoms with E-state index in [4.69, 9.17) is 0 Å². The molecule has 0 bridgehead atoms. The van der Waals surface area contributed by atoms with Crippen LogP contribution in [0, 0.1) is 5.92 Å². The lowest BCUT2D eigenvalue weighted by Gasteiger charge is -2.35. The SMILES string of the molecule is Cn1ccc([C@H]2CCNC[C@@H]2C(=O)N(Cc2cn(Cc3ccccc3)c3cc(Br)ccc23)C2CC2)cc1=O. The molecule has 1 N–H and O–H groups in total. The van der Waals surface area contributed by atoms with Crippen LogP contribution in [0.5, 0.6) is 0 Å². The van der Waals surface area contributed by atoms with Crippen molar-refractivity contribution in [2.45, 2.75) is 44.3 Å². The lowest BCUT2D eigenvalue weighted by Crippen LogP contribution is -2.47. The van der Waals surface area contributed by atoms with E-state index in [-0.39, 0.29) is 29.3 Å². The summed E-state index contributed by atoms with van der Waals surface area (Å²) >= 11 is 3.65. The van der Waals surface area contributed by atoms with Gasteiger partial charge in [-0.2, -0.15) is 0 Å². The lowest BCUT2D eigenvalue weighted by molar-refractivity contribution is -0.138. The van der Waals surface area contributed by atoms with Crippen molar-refractivity contribution < 1.29 is 4.79 Å². The van der Waals surface area contributed by atoms with E-state index in [2.05, 4.69) is 79.4 Å². The standard InChI is InChI=1S/C31H33BrN4O2/c1-34-14-12-22(15-30(34)37)26-11-13-33-17-28(26)31(38)36(25-8-9-25)20-23-19-35(18-21-5-3-2-4-6-21)29-16-24(32)7-10-27(23)29/h2-7,10,12,14-16,19,25-26,28,33H,8-9,11,13,17-18,20H2,1H3/t26-,28+/m1/s1. The zero-order chi connectivity index (χ0) is 26.2. The second kappa shape index (κ2) is 10.5. The molecule has 6 nitrogen and oxygen atoms in total. The third-order valence-electron chi connectivity index (χ3n) is 8.09. The minimum Gasteiger partial charge on any atom is -0.343 e. The lowest BCUT2D eigenvalue weighted by atomic mass is 9.80. The first-order chi connectivity index (χ1) is 18.5. The van der Waals surface area contributed by atoms with Crippen molar-refractivity contribution in [2.24, 2.45) is 13.0 Å². The third-order valence-corrected chi connectivity index (χ3v) is 8.58. The summed E-state index contributed by atoms with van der Waals surface area (Å²) in [5.74, 6) is 0.0731. The second-order valence-corrected chi connectivity index (χ2v) is 11.7. The number of rotatable bonds is 7. The van der Waals surface area contributed by atoms with E-state index in [0.717, 1.165) is 42.4 Å². The van der Waals surface area contributed by atoms with Crippen molar-refractivity contribution in [2.75, 3.05) is 13.1 Å². The van der Waals surface area contributed by atoms with Crippen LogP contribution in [0.1, 0.15) is 41.9 Å². The zero-order valence-electron chi connectivity index (χ0n) is 21.6. The van der Waals surface area contributed by atoms with E-state index in [1.165, 1.54) is 22.0 Å². The van der Waals surface area contributed by atoms with E-state index in [9.17, 15) is 9.59 Å². The van der Waals surface area contributed by atoms with Crippen LogP contribution in [0.3, 0.4) is 0 Å². The first kappa shape index (κ1) is 25.1. The number of piperidine rings is 1. The van der Waals surface area contributed by atoms with Gasteiger partial charge in [0, 0.05) is 66.6 Å². The maximum Gasteiger partial charge on any atom is 0.250 e. The van der Waals surface area contributed by atoms with Crippen LogP contribution in [0.4, 0.5) is 0 Å². The number of aryl methyl sites for hydroxylation is 1. The molecule has 3 heterocycles. The number of aromatic nitrogens is 2. The van der Waals surface area contributed by atoms with Crippen molar-refractivity contribution in [1.29, 1.82) is 0 Å². The Morgan fingerprint density at radius 1 is 1.08 bits per heavy atom. The molecule has 2 aromatic heterocycles. The highest BCUT2D eigenvalue weighted by Gasteiger charge is 2.40. The first-order valence-electron chi connectivity index (χ1n) is 13.5. The number of hydrogen-bond acceptors (Lipinski definition) is 3. The van der Waals surface area contributed by atoms with Crippen molar-refractivity contribution in [3.63, 3.8) is 0 Å². The van der Waals surface area contributed by atoms with Crippen LogP contribution >= 0.6 is 15.9 Å². The van der Waals surface area contributed by atoms with Gasteiger partial charge in [0.2, 0.25) is 5.91 Å². The van der Waals surface area contributed by atoms with Crippen LogP contribution in [-0.4, -0.2) is 39.1 Å². The Bertz CT molecular complexity index is 1520. The molecule has 1 saturated heterocycles. The van der Waals surface area contributed by atoms with Crippen LogP contribution in [-0.2, 0) is 24.9 Å². The molecule has 7 heteroatoms. The molecular weight excluding hydrogens is 540 g/mol. The Labute approximate surface area is 231 Å². The number of carbonyl (C=O) groups excluding carboxylic acids is 1. The minimum atomic E-state index is -0.178. The molecule has 0 unspecified atom stereocenters. The van der Waals surface area contributed by atoms with Crippen LogP contribution in [0.15, 0.2) is 82.3 Å².